The molecule has 0 aliphatic rings. The molecule has 1 aromatic carbocycles. The van der Waals surface area contributed by atoms with E-state index in [9.17, 15) is 9.59 Å². The summed E-state index contributed by atoms with van der Waals surface area (Å²) in [6.45, 7) is 2.08. The lowest BCUT2D eigenvalue weighted by Crippen LogP contribution is -2.04. The first kappa shape index (κ1) is 10.4. The number of hydrogen-bond donors (Lipinski definition) is 0. The van der Waals surface area contributed by atoms with E-state index in [4.69, 9.17) is 9.15 Å². The van der Waals surface area contributed by atoms with E-state index in [1.54, 1.807) is 31.2 Å². The van der Waals surface area contributed by atoms with E-state index in [0.717, 1.165) is 0 Å². The fourth-order valence-corrected chi connectivity index (χ4v) is 1.41. The maximum Gasteiger partial charge on any atom is 0.338 e. The van der Waals surface area contributed by atoms with Crippen molar-refractivity contribution in [1.29, 1.82) is 0 Å². The van der Waals surface area contributed by atoms with Crippen molar-refractivity contribution < 1.29 is 13.9 Å². The molecule has 4 heteroatoms. The topological polar surface area (TPSA) is 56.5 Å². The van der Waals surface area contributed by atoms with Gasteiger partial charge < -0.3 is 9.15 Å². The zero-order valence-corrected chi connectivity index (χ0v) is 8.73. The molecule has 0 unspecified atom stereocenters. The Morgan fingerprint density at radius 3 is 2.88 bits per heavy atom. The van der Waals surface area contributed by atoms with E-state index in [2.05, 4.69) is 0 Å². The maximum absolute atomic E-state index is 11.4. The highest BCUT2D eigenvalue weighted by Gasteiger charge is 2.07. The number of esters is 1. The Labute approximate surface area is 91.4 Å². The summed E-state index contributed by atoms with van der Waals surface area (Å²) in [7, 11) is 0. The molecule has 1 heterocycles. The molecule has 82 valence electrons. The zero-order chi connectivity index (χ0) is 11.5. The number of benzene rings is 1. The SMILES string of the molecule is CCOC(=O)c1ccc2oc(=O)ccc2c1. The second-order valence-corrected chi connectivity index (χ2v) is 3.23. The second-order valence-electron chi connectivity index (χ2n) is 3.23. The van der Waals surface area contributed by atoms with Crippen molar-refractivity contribution in [2.24, 2.45) is 0 Å². The zero-order valence-electron chi connectivity index (χ0n) is 8.73. The van der Waals surface area contributed by atoms with Gasteiger partial charge in [0.1, 0.15) is 5.58 Å². The van der Waals surface area contributed by atoms with Gasteiger partial charge in [0.15, 0.2) is 0 Å². The highest BCUT2D eigenvalue weighted by molar-refractivity contribution is 5.93. The molecule has 2 rings (SSSR count). The van der Waals surface area contributed by atoms with Crippen LogP contribution in [0.2, 0.25) is 0 Å². The number of carbonyl (C=O) groups is 1. The smallest absolute Gasteiger partial charge is 0.338 e. The molecule has 0 aliphatic heterocycles. The van der Waals surface area contributed by atoms with E-state index >= 15 is 0 Å². The van der Waals surface area contributed by atoms with Crippen LogP contribution in [0.5, 0.6) is 0 Å². The fraction of sp³-hybridized carbons (Fsp3) is 0.167. The molecule has 1 aromatic heterocycles. The number of rotatable bonds is 2. The lowest BCUT2D eigenvalue weighted by Gasteiger charge is -2.02. The first-order chi connectivity index (χ1) is 7.70. The van der Waals surface area contributed by atoms with E-state index in [1.165, 1.54) is 6.07 Å². The molecule has 0 amide bonds. The standard InChI is InChI=1S/C12H10O4/c1-2-15-12(14)9-3-5-10-8(7-9)4-6-11(13)16-10/h3-7H,2H2,1H3. The summed E-state index contributed by atoms with van der Waals surface area (Å²) in [5.74, 6) is -0.379. The average Bonchev–Trinajstić information content (AvgIpc) is 2.28. The van der Waals surface area contributed by atoms with Gasteiger partial charge in [0.2, 0.25) is 0 Å². The van der Waals surface area contributed by atoms with Crippen molar-refractivity contribution in [3.05, 3.63) is 46.3 Å². The van der Waals surface area contributed by atoms with Crippen LogP contribution >= 0.6 is 0 Å². The average molecular weight is 218 g/mol. The van der Waals surface area contributed by atoms with Crippen molar-refractivity contribution in [2.75, 3.05) is 6.61 Å². The van der Waals surface area contributed by atoms with Crippen LogP contribution in [0, 0.1) is 0 Å². The van der Waals surface area contributed by atoms with Gasteiger partial charge in [-0.2, -0.15) is 0 Å². The van der Waals surface area contributed by atoms with Crippen molar-refractivity contribution in [1.82, 2.24) is 0 Å². The minimum Gasteiger partial charge on any atom is -0.462 e. The molecular formula is C12H10O4. The number of fused-ring (bicyclic) bond motifs is 1. The van der Waals surface area contributed by atoms with Gasteiger partial charge in [-0.1, -0.05) is 0 Å². The van der Waals surface area contributed by atoms with E-state index in [0.29, 0.717) is 23.1 Å². The number of ether oxygens (including phenoxy) is 1. The largest absolute Gasteiger partial charge is 0.462 e. The monoisotopic (exact) mass is 218 g/mol. The van der Waals surface area contributed by atoms with Crippen LogP contribution in [-0.2, 0) is 4.74 Å². The van der Waals surface area contributed by atoms with Gasteiger partial charge in [-0.3, -0.25) is 0 Å². The Kier molecular flexibility index (Phi) is 2.72. The van der Waals surface area contributed by atoms with Gasteiger partial charge in [-0.25, -0.2) is 9.59 Å². The Bertz CT molecular complexity index is 583. The maximum atomic E-state index is 11.4. The number of hydrogen-bond acceptors (Lipinski definition) is 4. The first-order valence-corrected chi connectivity index (χ1v) is 4.92. The molecule has 0 atom stereocenters. The molecule has 4 nitrogen and oxygen atoms in total. The molecular weight excluding hydrogens is 208 g/mol. The third-order valence-corrected chi connectivity index (χ3v) is 2.13. The Balaban J connectivity index is 2.48. The molecule has 2 aromatic rings. The Hall–Kier alpha value is -2.10. The van der Waals surface area contributed by atoms with Crippen molar-refractivity contribution in [3.63, 3.8) is 0 Å². The van der Waals surface area contributed by atoms with E-state index < -0.39 is 5.63 Å². The van der Waals surface area contributed by atoms with Gasteiger partial charge in [0, 0.05) is 11.5 Å². The predicted molar refractivity (Wildman–Crippen MR) is 58.4 cm³/mol. The highest BCUT2D eigenvalue weighted by atomic mass is 16.5. The minimum absolute atomic E-state index is 0.334. The summed E-state index contributed by atoms with van der Waals surface area (Å²) >= 11 is 0. The molecule has 0 bridgehead atoms. The summed E-state index contributed by atoms with van der Waals surface area (Å²) in [6, 6.07) is 7.73. The third kappa shape index (κ3) is 1.95. The Morgan fingerprint density at radius 2 is 2.12 bits per heavy atom. The quantitative estimate of drug-likeness (QED) is 0.571. The van der Waals surface area contributed by atoms with Crippen molar-refractivity contribution in [3.8, 4) is 0 Å². The molecule has 0 radical (unpaired) electrons. The molecule has 0 aliphatic carbocycles. The van der Waals surface area contributed by atoms with Gasteiger partial charge in [-0.05, 0) is 31.2 Å². The van der Waals surface area contributed by atoms with Crippen LogP contribution in [0.15, 0.2) is 39.5 Å². The van der Waals surface area contributed by atoms with Crippen LogP contribution in [0.3, 0.4) is 0 Å². The predicted octanol–water partition coefficient (Wildman–Crippen LogP) is 1.97. The summed E-state index contributed by atoms with van der Waals surface area (Å²) < 4.78 is 9.82. The minimum atomic E-state index is -0.406. The van der Waals surface area contributed by atoms with Crippen molar-refractivity contribution in [2.45, 2.75) is 6.92 Å². The first-order valence-electron chi connectivity index (χ1n) is 4.92. The molecule has 16 heavy (non-hydrogen) atoms. The van der Waals surface area contributed by atoms with Crippen LogP contribution in [-0.4, -0.2) is 12.6 Å². The lowest BCUT2D eigenvalue weighted by molar-refractivity contribution is 0.0526. The number of carbonyl (C=O) groups excluding carboxylic acids is 1. The normalized spacial score (nSPS) is 10.3. The second kappa shape index (κ2) is 4.18. The summed E-state index contributed by atoms with van der Waals surface area (Å²) in [6.07, 6.45) is 0. The molecule has 0 fully saturated rings. The van der Waals surface area contributed by atoms with Gasteiger partial charge in [-0.15, -0.1) is 0 Å². The van der Waals surface area contributed by atoms with Gasteiger partial charge in [0.25, 0.3) is 0 Å². The van der Waals surface area contributed by atoms with Gasteiger partial charge >= 0.3 is 11.6 Å². The summed E-state index contributed by atoms with van der Waals surface area (Å²) in [4.78, 5) is 22.4. The van der Waals surface area contributed by atoms with Crippen LogP contribution in [0.25, 0.3) is 11.0 Å². The Morgan fingerprint density at radius 1 is 1.31 bits per heavy atom. The van der Waals surface area contributed by atoms with E-state index in [1.807, 2.05) is 0 Å². The van der Waals surface area contributed by atoms with E-state index in [-0.39, 0.29) is 5.97 Å². The summed E-state index contributed by atoms with van der Waals surface area (Å²) in [5.41, 5.74) is 0.500. The van der Waals surface area contributed by atoms with Crippen LogP contribution in [0.4, 0.5) is 0 Å². The molecule has 0 saturated heterocycles. The van der Waals surface area contributed by atoms with Crippen LogP contribution in [0.1, 0.15) is 17.3 Å². The van der Waals surface area contributed by atoms with Crippen molar-refractivity contribution >= 4 is 16.9 Å². The third-order valence-electron chi connectivity index (χ3n) is 2.13. The fourth-order valence-electron chi connectivity index (χ4n) is 1.41. The highest BCUT2D eigenvalue weighted by Crippen LogP contribution is 2.14. The molecule has 0 saturated carbocycles. The lowest BCUT2D eigenvalue weighted by atomic mass is 10.1. The summed E-state index contributed by atoms with van der Waals surface area (Å²) in [5, 5.41) is 0.699. The molecule has 0 N–H and O–H groups in total. The van der Waals surface area contributed by atoms with Crippen LogP contribution < -0.4 is 5.63 Å². The van der Waals surface area contributed by atoms with Gasteiger partial charge in [0.05, 0.1) is 12.2 Å². The molecule has 0 spiro atoms.